The summed E-state index contributed by atoms with van der Waals surface area (Å²) < 4.78 is 0. The summed E-state index contributed by atoms with van der Waals surface area (Å²) in [5.74, 6) is 0.368. The van der Waals surface area contributed by atoms with Gasteiger partial charge in [-0.3, -0.25) is 9.63 Å². The fraction of sp³-hybridized carbons (Fsp3) is 0.353. The van der Waals surface area contributed by atoms with E-state index in [0.29, 0.717) is 5.92 Å². The summed E-state index contributed by atoms with van der Waals surface area (Å²) in [5.41, 5.74) is 2.29. The number of nitrogens with zero attached hydrogens (tertiary/aromatic N) is 1. The average Bonchev–Trinajstić information content (AvgIpc) is 3.25. The van der Waals surface area contributed by atoms with Gasteiger partial charge in [-0.1, -0.05) is 42.5 Å². The molecule has 1 saturated carbocycles. The Morgan fingerprint density at radius 2 is 2.15 bits per heavy atom. The fourth-order valence-corrected chi connectivity index (χ4v) is 3.11. The lowest BCUT2D eigenvalue weighted by atomic mass is 9.84. The van der Waals surface area contributed by atoms with Gasteiger partial charge in [0.15, 0.2) is 0 Å². The Balaban J connectivity index is 2.20. The van der Waals surface area contributed by atoms with Gasteiger partial charge in [0.2, 0.25) is 0 Å². The number of benzene rings is 1. The van der Waals surface area contributed by atoms with Gasteiger partial charge in [0, 0.05) is 5.56 Å². The minimum Gasteiger partial charge on any atom is -0.273 e. The summed E-state index contributed by atoms with van der Waals surface area (Å²) in [6, 6.07) is 7.79. The van der Waals surface area contributed by atoms with Crippen molar-refractivity contribution in [2.75, 3.05) is 7.11 Å². The molecule has 1 atom stereocenters. The molecule has 0 saturated heterocycles. The lowest BCUT2D eigenvalue weighted by Gasteiger charge is -2.35. The molecule has 1 aromatic carbocycles. The van der Waals surface area contributed by atoms with Crippen LogP contribution in [0.25, 0.3) is 0 Å². The highest BCUT2D eigenvalue weighted by atomic mass is 16.7. The Morgan fingerprint density at radius 1 is 1.45 bits per heavy atom. The Kier molecular flexibility index (Phi) is 3.02. The van der Waals surface area contributed by atoms with Crippen LogP contribution in [0.3, 0.4) is 0 Å². The van der Waals surface area contributed by atoms with Crippen LogP contribution in [0.15, 0.2) is 48.6 Å². The van der Waals surface area contributed by atoms with Crippen molar-refractivity contribution in [1.29, 1.82) is 0 Å². The van der Waals surface area contributed by atoms with Crippen LogP contribution in [0.4, 0.5) is 0 Å². The molecule has 3 nitrogen and oxygen atoms in total. The van der Waals surface area contributed by atoms with E-state index >= 15 is 0 Å². The number of allylic oxidation sites excluding steroid dienone is 2. The Morgan fingerprint density at radius 3 is 2.75 bits per heavy atom. The van der Waals surface area contributed by atoms with E-state index in [9.17, 15) is 4.79 Å². The molecule has 0 unspecified atom stereocenters. The summed E-state index contributed by atoms with van der Waals surface area (Å²) in [6.45, 7) is 5.88. The number of rotatable bonds is 4. The maximum Gasteiger partial charge on any atom is 0.278 e. The molecule has 0 radical (unpaired) electrons. The number of amides is 1. The minimum atomic E-state index is -0.471. The molecule has 1 heterocycles. The minimum absolute atomic E-state index is 0.0543. The third-order valence-corrected chi connectivity index (χ3v) is 4.11. The molecule has 20 heavy (non-hydrogen) atoms. The van der Waals surface area contributed by atoms with Crippen LogP contribution in [-0.2, 0) is 10.4 Å². The van der Waals surface area contributed by atoms with Crippen LogP contribution in [-0.4, -0.2) is 18.1 Å². The van der Waals surface area contributed by atoms with Crippen molar-refractivity contribution in [1.82, 2.24) is 5.06 Å². The van der Waals surface area contributed by atoms with Crippen molar-refractivity contribution in [3.63, 3.8) is 0 Å². The first-order chi connectivity index (χ1) is 9.61. The predicted octanol–water partition coefficient (Wildman–Crippen LogP) is 3.44. The van der Waals surface area contributed by atoms with Gasteiger partial charge in [0.25, 0.3) is 5.91 Å². The summed E-state index contributed by atoms with van der Waals surface area (Å²) in [4.78, 5) is 18.0. The van der Waals surface area contributed by atoms with Gasteiger partial charge < -0.3 is 0 Å². The highest BCUT2D eigenvalue weighted by molar-refractivity contribution is 5.99. The lowest BCUT2D eigenvalue weighted by molar-refractivity contribution is -0.150. The molecule has 1 aliphatic heterocycles. The van der Waals surface area contributed by atoms with E-state index in [4.69, 9.17) is 4.84 Å². The van der Waals surface area contributed by atoms with Gasteiger partial charge in [-0.2, -0.15) is 0 Å². The standard InChI is InChI=1S/C17H19NO2/c1-12(2)10-11-17(13-8-9-13)15-7-5-4-6-14(15)16(19)18(17)20-3/h4-7,10-11,13H,1,8-9H2,2-3H3/b11-10+/t17-/m1/s1. The number of hydroxylamine groups is 2. The zero-order valence-electron chi connectivity index (χ0n) is 11.9. The molecule has 1 aromatic rings. The smallest absolute Gasteiger partial charge is 0.273 e. The molecule has 1 fully saturated rings. The first-order valence-electron chi connectivity index (χ1n) is 6.94. The van der Waals surface area contributed by atoms with Gasteiger partial charge in [0.05, 0.1) is 7.11 Å². The highest BCUT2D eigenvalue weighted by Crippen LogP contribution is 2.54. The van der Waals surface area contributed by atoms with Crippen LogP contribution >= 0.6 is 0 Å². The molecule has 3 heteroatoms. The van der Waals surface area contributed by atoms with Crippen molar-refractivity contribution in [3.05, 3.63) is 59.7 Å². The van der Waals surface area contributed by atoms with Crippen LogP contribution in [0.5, 0.6) is 0 Å². The molecule has 1 aliphatic carbocycles. The maximum absolute atomic E-state index is 12.6. The summed E-state index contributed by atoms with van der Waals surface area (Å²) in [5, 5.41) is 1.54. The van der Waals surface area contributed by atoms with E-state index in [1.165, 1.54) is 5.06 Å². The van der Waals surface area contributed by atoms with Crippen molar-refractivity contribution >= 4 is 5.91 Å². The molecule has 0 spiro atoms. The zero-order valence-corrected chi connectivity index (χ0v) is 11.9. The Bertz CT molecular complexity index is 601. The molecular weight excluding hydrogens is 250 g/mol. The zero-order chi connectivity index (χ0) is 14.3. The van der Waals surface area contributed by atoms with Crippen LogP contribution < -0.4 is 0 Å². The maximum atomic E-state index is 12.6. The molecule has 104 valence electrons. The quantitative estimate of drug-likeness (QED) is 0.784. The van der Waals surface area contributed by atoms with Crippen LogP contribution in [0.2, 0.25) is 0 Å². The second-order valence-corrected chi connectivity index (χ2v) is 5.61. The number of carbonyl (C=O) groups is 1. The summed E-state index contributed by atoms with van der Waals surface area (Å²) in [7, 11) is 1.56. The van der Waals surface area contributed by atoms with Gasteiger partial charge in [0.1, 0.15) is 5.54 Å². The lowest BCUT2D eigenvalue weighted by Crippen LogP contribution is -2.43. The molecule has 0 N–H and O–H groups in total. The fourth-order valence-electron chi connectivity index (χ4n) is 3.11. The van der Waals surface area contributed by atoms with E-state index in [2.05, 4.69) is 12.7 Å². The summed E-state index contributed by atoms with van der Waals surface area (Å²) in [6.07, 6.45) is 6.30. The van der Waals surface area contributed by atoms with Crippen molar-refractivity contribution in [2.45, 2.75) is 25.3 Å². The highest BCUT2D eigenvalue weighted by Gasteiger charge is 2.57. The van der Waals surface area contributed by atoms with E-state index in [1.54, 1.807) is 7.11 Å². The summed E-state index contributed by atoms with van der Waals surface area (Å²) >= 11 is 0. The molecule has 0 bridgehead atoms. The third kappa shape index (κ3) is 1.74. The predicted molar refractivity (Wildman–Crippen MR) is 78.0 cm³/mol. The van der Waals surface area contributed by atoms with E-state index in [0.717, 1.165) is 29.5 Å². The SMILES string of the molecule is C=C(C)/C=C/[C@@]1(C2CC2)c2ccccc2C(=O)N1OC. The monoisotopic (exact) mass is 269 g/mol. The molecule has 2 aliphatic rings. The normalized spacial score (nSPS) is 25.3. The number of hydrogen-bond donors (Lipinski definition) is 0. The Labute approximate surface area is 119 Å². The second-order valence-electron chi connectivity index (χ2n) is 5.61. The van der Waals surface area contributed by atoms with Crippen molar-refractivity contribution in [3.8, 4) is 0 Å². The van der Waals surface area contributed by atoms with Crippen LogP contribution in [0.1, 0.15) is 35.7 Å². The number of fused-ring (bicyclic) bond motifs is 1. The van der Waals surface area contributed by atoms with Gasteiger partial charge >= 0.3 is 0 Å². The van der Waals surface area contributed by atoms with Crippen LogP contribution in [0, 0.1) is 5.92 Å². The van der Waals surface area contributed by atoms with Gasteiger partial charge in [-0.15, -0.1) is 0 Å². The molecule has 0 aromatic heterocycles. The van der Waals surface area contributed by atoms with Crippen molar-refractivity contribution < 1.29 is 9.63 Å². The van der Waals surface area contributed by atoms with E-state index < -0.39 is 5.54 Å². The number of hydrogen-bond acceptors (Lipinski definition) is 2. The van der Waals surface area contributed by atoms with E-state index in [1.807, 2.05) is 37.3 Å². The third-order valence-electron chi connectivity index (χ3n) is 4.11. The van der Waals surface area contributed by atoms with E-state index in [-0.39, 0.29) is 5.91 Å². The largest absolute Gasteiger partial charge is 0.278 e. The van der Waals surface area contributed by atoms with Gasteiger partial charge in [-0.05, 0) is 37.3 Å². The average molecular weight is 269 g/mol. The number of carbonyl (C=O) groups excluding carboxylic acids is 1. The first kappa shape index (κ1) is 13.1. The molecular formula is C17H19NO2. The topological polar surface area (TPSA) is 29.5 Å². The first-order valence-corrected chi connectivity index (χ1v) is 6.94. The van der Waals surface area contributed by atoms with Crippen molar-refractivity contribution in [2.24, 2.45) is 5.92 Å². The second kappa shape index (κ2) is 4.60. The van der Waals surface area contributed by atoms with Gasteiger partial charge in [-0.25, -0.2) is 5.06 Å². The Hall–Kier alpha value is -1.87. The molecule has 1 amide bonds. The molecule has 3 rings (SSSR count).